The third kappa shape index (κ3) is 3.16. The standard InChI is InChI=1S/C22H17N3O3/c1-14-19(21(26)25(24-14)17-9-3-2-4-10-17)13-23-20-12-16-8-6-5-7-15(16)11-18(20)22(27)28/h2-13,19H,1H3,(H,27,28)/b23-13+. The van der Waals surface area contributed by atoms with Gasteiger partial charge in [0.25, 0.3) is 5.91 Å². The third-order valence-corrected chi connectivity index (χ3v) is 4.64. The van der Waals surface area contributed by atoms with Crippen LogP contribution < -0.4 is 5.01 Å². The van der Waals surface area contributed by atoms with Crippen molar-refractivity contribution in [3.05, 3.63) is 72.3 Å². The SMILES string of the molecule is CC1=NN(c2ccccc2)C(=O)C1/C=N/c1cc2ccccc2cc1C(=O)O. The predicted molar refractivity (Wildman–Crippen MR) is 110 cm³/mol. The summed E-state index contributed by atoms with van der Waals surface area (Å²) in [6.45, 7) is 1.76. The second kappa shape index (κ2) is 7.08. The molecule has 6 heteroatoms. The lowest BCUT2D eigenvalue weighted by Gasteiger charge is -2.12. The van der Waals surface area contributed by atoms with Crippen molar-refractivity contribution >= 4 is 45.9 Å². The minimum absolute atomic E-state index is 0.0925. The van der Waals surface area contributed by atoms with E-state index < -0.39 is 11.9 Å². The van der Waals surface area contributed by atoms with E-state index in [0.29, 0.717) is 17.1 Å². The van der Waals surface area contributed by atoms with E-state index in [9.17, 15) is 14.7 Å². The van der Waals surface area contributed by atoms with E-state index in [4.69, 9.17) is 0 Å². The van der Waals surface area contributed by atoms with Gasteiger partial charge in [0, 0.05) is 6.21 Å². The molecule has 4 rings (SSSR count). The van der Waals surface area contributed by atoms with E-state index >= 15 is 0 Å². The van der Waals surface area contributed by atoms with Crippen molar-refractivity contribution in [1.82, 2.24) is 0 Å². The van der Waals surface area contributed by atoms with Crippen LogP contribution >= 0.6 is 0 Å². The van der Waals surface area contributed by atoms with Crippen LogP contribution in [0.25, 0.3) is 10.8 Å². The van der Waals surface area contributed by atoms with Gasteiger partial charge in [-0.25, -0.2) is 4.79 Å². The fraction of sp³-hybridized carbons (Fsp3) is 0.0909. The van der Waals surface area contributed by atoms with E-state index in [1.165, 1.54) is 11.2 Å². The summed E-state index contributed by atoms with van der Waals surface area (Å²) in [6, 6.07) is 19.9. The summed E-state index contributed by atoms with van der Waals surface area (Å²) in [4.78, 5) is 28.8. The normalized spacial score (nSPS) is 16.8. The van der Waals surface area contributed by atoms with Crippen molar-refractivity contribution in [2.75, 3.05) is 5.01 Å². The molecule has 0 radical (unpaired) electrons. The fourth-order valence-corrected chi connectivity index (χ4v) is 3.17. The average Bonchev–Trinajstić information content (AvgIpc) is 3.00. The highest BCUT2D eigenvalue weighted by Gasteiger charge is 2.33. The number of rotatable bonds is 4. The number of aliphatic imine (C=N–C) groups is 1. The number of fused-ring (bicyclic) bond motifs is 1. The van der Waals surface area contributed by atoms with Gasteiger partial charge in [-0.3, -0.25) is 9.79 Å². The van der Waals surface area contributed by atoms with E-state index in [1.54, 1.807) is 31.2 Å². The van der Waals surface area contributed by atoms with E-state index in [1.807, 2.05) is 42.5 Å². The molecule has 6 nitrogen and oxygen atoms in total. The number of carbonyl (C=O) groups is 2. The van der Waals surface area contributed by atoms with E-state index in [2.05, 4.69) is 10.1 Å². The van der Waals surface area contributed by atoms with Crippen molar-refractivity contribution < 1.29 is 14.7 Å². The number of nitrogens with zero attached hydrogens (tertiary/aromatic N) is 3. The quantitative estimate of drug-likeness (QED) is 0.695. The van der Waals surface area contributed by atoms with Gasteiger partial charge in [-0.2, -0.15) is 10.1 Å². The van der Waals surface area contributed by atoms with Gasteiger partial charge in [-0.1, -0.05) is 42.5 Å². The highest BCUT2D eigenvalue weighted by molar-refractivity contribution is 6.23. The number of anilines is 1. The highest BCUT2D eigenvalue weighted by Crippen LogP contribution is 2.28. The Morgan fingerprint density at radius 3 is 2.39 bits per heavy atom. The molecule has 3 aromatic rings. The first-order chi connectivity index (χ1) is 13.5. The number of aromatic carboxylic acids is 1. The molecule has 0 aromatic heterocycles. The van der Waals surface area contributed by atoms with Crippen molar-refractivity contribution in [1.29, 1.82) is 0 Å². The summed E-state index contributed by atoms with van der Waals surface area (Å²) in [5.41, 5.74) is 1.69. The molecule has 1 heterocycles. The van der Waals surface area contributed by atoms with Gasteiger partial charge in [-0.15, -0.1) is 0 Å². The van der Waals surface area contributed by atoms with Crippen LogP contribution in [0.15, 0.2) is 76.8 Å². The van der Waals surface area contributed by atoms with Crippen LogP contribution in [0.1, 0.15) is 17.3 Å². The first-order valence-corrected chi connectivity index (χ1v) is 8.79. The Kier molecular flexibility index (Phi) is 4.45. The second-order valence-electron chi connectivity index (χ2n) is 6.50. The highest BCUT2D eigenvalue weighted by atomic mass is 16.4. The lowest BCUT2D eigenvalue weighted by atomic mass is 10.0. The number of benzene rings is 3. The summed E-state index contributed by atoms with van der Waals surface area (Å²) < 4.78 is 0. The molecular formula is C22H17N3O3. The zero-order valence-corrected chi connectivity index (χ0v) is 15.1. The van der Waals surface area contributed by atoms with Gasteiger partial charge >= 0.3 is 5.97 Å². The van der Waals surface area contributed by atoms with Crippen LogP contribution in [-0.4, -0.2) is 28.9 Å². The fourth-order valence-electron chi connectivity index (χ4n) is 3.17. The minimum Gasteiger partial charge on any atom is -0.478 e. The van der Waals surface area contributed by atoms with Gasteiger partial charge in [0.1, 0.15) is 5.92 Å². The van der Waals surface area contributed by atoms with E-state index in [-0.39, 0.29) is 11.5 Å². The molecular weight excluding hydrogens is 354 g/mol. The number of carboxylic acid groups (broad SMARTS) is 1. The molecule has 1 aliphatic heterocycles. The summed E-state index contributed by atoms with van der Waals surface area (Å²) in [5, 5.41) is 16.9. The maximum absolute atomic E-state index is 12.8. The van der Waals surface area contributed by atoms with Crippen LogP contribution in [0.2, 0.25) is 0 Å². The molecule has 0 bridgehead atoms. The number of amides is 1. The Morgan fingerprint density at radius 2 is 1.71 bits per heavy atom. The molecule has 0 spiro atoms. The van der Waals surface area contributed by atoms with Gasteiger partial charge < -0.3 is 5.11 Å². The first-order valence-electron chi connectivity index (χ1n) is 8.79. The van der Waals surface area contributed by atoms with Gasteiger partial charge in [0.05, 0.1) is 22.6 Å². The maximum atomic E-state index is 12.8. The Labute approximate surface area is 161 Å². The number of hydrogen-bond acceptors (Lipinski definition) is 4. The van der Waals surface area contributed by atoms with Crippen molar-refractivity contribution in [2.45, 2.75) is 6.92 Å². The minimum atomic E-state index is -1.06. The van der Waals surface area contributed by atoms with Crippen LogP contribution in [0.3, 0.4) is 0 Å². The molecule has 0 saturated heterocycles. The van der Waals surface area contributed by atoms with Crippen LogP contribution in [-0.2, 0) is 4.79 Å². The van der Waals surface area contributed by atoms with Crippen LogP contribution in [0, 0.1) is 5.92 Å². The predicted octanol–water partition coefficient (Wildman–Crippen LogP) is 4.28. The molecule has 138 valence electrons. The number of hydrazone groups is 1. The zero-order valence-electron chi connectivity index (χ0n) is 15.1. The molecule has 1 amide bonds. The second-order valence-corrected chi connectivity index (χ2v) is 6.50. The molecule has 0 fully saturated rings. The maximum Gasteiger partial charge on any atom is 0.337 e. The number of carbonyl (C=O) groups excluding carboxylic acids is 1. The van der Waals surface area contributed by atoms with Crippen molar-refractivity contribution in [3.8, 4) is 0 Å². The topological polar surface area (TPSA) is 82.3 Å². The summed E-state index contributed by atoms with van der Waals surface area (Å²) in [5.74, 6) is -1.91. The smallest absolute Gasteiger partial charge is 0.337 e. The van der Waals surface area contributed by atoms with Crippen LogP contribution in [0.4, 0.5) is 11.4 Å². The lowest BCUT2D eigenvalue weighted by Crippen LogP contribution is -2.27. The molecule has 0 saturated carbocycles. The molecule has 1 N–H and O–H groups in total. The number of carboxylic acids is 1. The molecule has 1 unspecified atom stereocenters. The van der Waals surface area contributed by atoms with Gasteiger partial charge in [0.15, 0.2) is 0 Å². The first kappa shape index (κ1) is 17.6. The molecule has 1 aliphatic rings. The third-order valence-electron chi connectivity index (χ3n) is 4.64. The Hall–Kier alpha value is -3.80. The van der Waals surface area contributed by atoms with Gasteiger partial charge in [-0.05, 0) is 42.0 Å². The lowest BCUT2D eigenvalue weighted by molar-refractivity contribution is -0.118. The monoisotopic (exact) mass is 371 g/mol. The Bertz CT molecular complexity index is 1140. The van der Waals surface area contributed by atoms with Crippen LogP contribution in [0.5, 0.6) is 0 Å². The largest absolute Gasteiger partial charge is 0.478 e. The van der Waals surface area contributed by atoms with E-state index in [0.717, 1.165) is 10.8 Å². The molecule has 28 heavy (non-hydrogen) atoms. The summed E-state index contributed by atoms with van der Waals surface area (Å²) in [7, 11) is 0. The zero-order chi connectivity index (χ0) is 19.7. The Balaban J connectivity index is 1.68. The van der Waals surface area contributed by atoms with Crippen molar-refractivity contribution in [3.63, 3.8) is 0 Å². The number of hydrogen-bond donors (Lipinski definition) is 1. The van der Waals surface area contributed by atoms with Crippen molar-refractivity contribution in [2.24, 2.45) is 16.0 Å². The molecule has 3 aromatic carbocycles. The summed E-state index contributed by atoms with van der Waals surface area (Å²) in [6.07, 6.45) is 1.47. The molecule has 0 aliphatic carbocycles. The Morgan fingerprint density at radius 1 is 1.07 bits per heavy atom. The average molecular weight is 371 g/mol. The van der Waals surface area contributed by atoms with Gasteiger partial charge in [0.2, 0.25) is 0 Å². The summed E-state index contributed by atoms with van der Waals surface area (Å²) >= 11 is 0. The number of para-hydroxylation sites is 1. The molecule has 1 atom stereocenters.